The number of benzene rings is 1. The molecule has 1 amide bonds. The largest absolute Gasteiger partial charge is 0.390 e. The molecule has 3 nitrogen and oxygen atoms in total. The number of amides is 1. The van der Waals surface area contributed by atoms with Crippen molar-refractivity contribution in [3.8, 4) is 10.4 Å². The van der Waals surface area contributed by atoms with Crippen molar-refractivity contribution in [2.45, 2.75) is 12.8 Å². The van der Waals surface area contributed by atoms with Gasteiger partial charge < -0.3 is 11.5 Å². The number of nitrogen functional groups attached to an aromatic ring is 1. The molecule has 0 aliphatic heterocycles. The van der Waals surface area contributed by atoms with Crippen molar-refractivity contribution in [1.82, 2.24) is 0 Å². The van der Waals surface area contributed by atoms with E-state index < -0.39 is 5.91 Å². The van der Waals surface area contributed by atoms with Crippen LogP contribution in [-0.4, -0.2) is 5.91 Å². The first-order valence-corrected chi connectivity index (χ1v) is 7.18. The van der Waals surface area contributed by atoms with Gasteiger partial charge in [-0.2, -0.15) is 0 Å². The highest BCUT2D eigenvalue weighted by Crippen LogP contribution is 2.44. The molecule has 1 heterocycles. The van der Waals surface area contributed by atoms with Gasteiger partial charge in [0.1, 0.15) is 0 Å². The summed E-state index contributed by atoms with van der Waals surface area (Å²) in [5.41, 5.74) is 15.3. The number of rotatable bonds is 1. The molecule has 0 bridgehead atoms. The third-order valence-electron chi connectivity index (χ3n) is 3.24. The second-order valence-corrected chi connectivity index (χ2v) is 6.28. The maximum absolute atomic E-state index is 11.5. The van der Waals surface area contributed by atoms with Crippen molar-refractivity contribution >= 4 is 38.2 Å². The van der Waals surface area contributed by atoms with Gasteiger partial charge in [0.05, 0.1) is 10.6 Å². The number of fused-ring (bicyclic) bond motifs is 3. The van der Waals surface area contributed by atoms with E-state index in [1.165, 1.54) is 22.5 Å². The molecule has 1 aliphatic rings. The highest BCUT2D eigenvalue weighted by molar-refractivity contribution is 9.10. The van der Waals surface area contributed by atoms with Crippen molar-refractivity contribution in [3.63, 3.8) is 0 Å². The Morgan fingerprint density at radius 1 is 1.33 bits per heavy atom. The lowest BCUT2D eigenvalue weighted by Crippen LogP contribution is -2.15. The van der Waals surface area contributed by atoms with Gasteiger partial charge in [0.2, 0.25) is 0 Å². The Hall–Kier alpha value is -1.33. The summed E-state index contributed by atoms with van der Waals surface area (Å²) in [6.07, 6.45) is 1.74. The molecule has 0 fully saturated rings. The topological polar surface area (TPSA) is 69.1 Å². The standard InChI is InChI=1S/C13H11BrN2OS/c14-7-2-4-8-6(5-7)1-3-9-10(12(15)17)13(16)18-11(8)9/h2,4-5H,1,3,16H2,(H2,15,17). The lowest BCUT2D eigenvalue weighted by molar-refractivity contribution is 0.100. The van der Waals surface area contributed by atoms with E-state index in [1.807, 2.05) is 6.07 Å². The quantitative estimate of drug-likeness (QED) is 0.847. The van der Waals surface area contributed by atoms with Crippen LogP contribution in [0.5, 0.6) is 0 Å². The second kappa shape index (κ2) is 4.10. The highest BCUT2D eigenvalue weighted by atomic mass is 79.9. The lowest BCUT2D eigenvalue weighted by Gasteiger charge is -2.17. The number of halogens is 1. The first-order chi connectivity index (χ1) is 8.58. The average Bonchev–Trinajstić information content (AvgIpc) is 2.64. The Bertz CT molecular complexity index is 663. The van der Waals surface area contributed by atoms with Gasteiger partial charge in [0, 0.05) is 9.35 Å². The average molecular weight is 323 g/mol. The first kappa shape index (κ1) is 11.7. The van der Waals surface area contributed by atoms with Crippen LogP contribution in [-0.2, 0) is 12.8 Å². The van der Waals surface area contributed by atoms with E-state index in [1.54, 1.807) is 0 Å². The summed E-state index contributed by atoms with van der Waals surface area (Å²) in [5.74, 6) is -0.425. The van der Waals surface area contributed by atoms with Crippen LogP contribution >= 0.6 is 27.3 Å². The van der Waals surface area contributed by atoms with E-state index in [2.05, 4.69) is 28.1 Å². The zero-order valence-electron chi connectivity index (χ0n) is 9.50. The van der Waals surface area contributed by atoms with E-state index >= 15 is 0 Å². The minimum Gasteiger partial charge on any atom is -0.390 e. The van der Waals surface area contributed by atoms with Gasteiger partial charge in [0.25, 0.3) is 5.91 Å². The molecule has 92 valence electrons. The van der Waals surface area contributed by atoms with E-state index in [0.717, 1.165) is 27.8 Å². The Morgan fingerprint density at radius 2 is 2.11 bits per heavy atom. The fourth-order valence-electron chi connectivity index (χ4n) is 2.46. The van der Waals surface area contributed by atoms with Crippen LogP contribution in [0.15, 0.2) is 22.7 Å². The smallest absolute Gasteiger partial charge is 0.251 e. The van der Waals surface area contributed by atoms with E-state index in [-0.39, 0.29) is 0 Å². The minimum absolute atomic E-state index is 0.425. The summed E-state index contributed by atoms with van der Waals surface area (Å²) < 4.78 is 1.07. The van der Waals surface area contributed by atoms with Crippen molar-refractivity contribution in [2.75, 3.05) is 5.73 Å². The fraction of sp³-hybridized carbons (Fsp3) is 0.154. The van der Waals surface area contributed by atoms with Crippen molar-refractivity contribution in [2.24, 2.45) is 5.73 Å². The minimum atomic E-state index is -0.425. The van der Waals surface area contributed by atoms with Crippen molar-refractivity contribution < 1.29 is 4.79 Å². The zero-order valence-corrected chi connectivity index (χ0v) is 11.9. The van der Waals surface area contributed by atoms with Crippen LogP contribution in [0.25, 0.3) is 10.4 Å². The Kier molecular flexibility index (Phi) is 2.68. The number of hydrogen-bond acceptors (Lipinski definition) is 3. The van der Waals surface area contributed by atoms with Crippen molar-refractivity contribution in [3.05, 3.63) is 39.4 Å². The summed E-state index contributed by atoms with van der Waals surface area (Å²) >= 11 is 4.93. The van der Waals surface area contributed by atoms with Gasteiger partial charge in [-0.3, -0.25) is 4.79 Å². The van der Waals surface area contributed by atoms with E-state index in [9.17, 15) is 4.79 Å². The molecule has 0 saturated carbocycles. The van der Waals surface area contributed by atoms with Crippen LogP contribution in [0.2, 0.25) is 0 Å². The molecule has 0 spiro atoms. The number of thiophene rings is 1. The maximum atomic E-state index is 11.5. The predicted molar refractivity (Wildman–Crippen MR) is 77.8 cm³/mol. The SMILES string of the molecule is NC(=O)c1c(N)sc2c1CCc1cc(Br)ccc1-2. The molecular weight excluding hydrogens is 312 g/mol. The van der Waals surface area contributed by atoms with Crippen LogP contribution in [0.3, 0.4) is 0 Å². The summed E-state index contributed by atoms with van der Waals surface area (Å²) in [6, 6.07) is 6.20. The number of nitrogens with two attached hydrogens (primary N) is 2. The van der Waals surface area contributed by atoms with Gasteiger partial charge >= 0.3 is 0 Å². The van der Waals surface area contributed by atoms with Crippen molar-refractivity contribution in [1.29, 1.82) is 0 Å². The molecule has 1 aromatic carbocycles. The molecule has 1 aliphatic carbocycles. The number of carbonyl (C=O) groups excluding carboxylic acids is 1. The normalized spacial score (nSPS) is 12.9. The first-order valence-electron chi connectivity index (χ1n) is 5.57. The molecule has 0 atom stereocenters. The third kappa shape index (κ3) is 1.66. The van der Waals surface area contributed by atoms with Gasteiger partial charge in [0.15, 0.2) is 0 Å². The molecule has 2 aromatic rings. The summed E-state index contributed by atoms with van der Waals surface area (Å²) in [5, 5.41) is 0.531. The van der Waals surface area contributed by atoms with E-state index in [4.69, 9.17) is 11.5 Å². The predicted octanol–water partition coefficient (Wildman–Crippen LogP) is 2.96. The fourth-order valence-corrected chi connectivity index (χ4v) is 4.05. The summed E-state index contributed by atoms with van der Waals surface area (Å²) in [4.78, 5) is 12.6. The van der Waals surface area contributed by atoms with E-state index in [0.29, 0.717) is 10.6 Å². The third-order valence-corrected chi connectivity index (χ3v) is 4.82. The van der Waals surface area contributed by atoms with Crippen LogP contribution in [0.4, 0.5) is 5.00 Å². The van der Waals surface area contributed by atoms with Gasteiger partial charge in [-0.1, -0.05) is 22.0 Å². The molecule has 5 heteroatoms. The number of primary amides is 1. The zero-order chi connectivity index (χ0) is 12.9. The molecule has 4 N–H and O–H groups in total. The maximum Gasteiger partial charge on any atom is 0.251 e. The Morgan fingerprint density at radius 3 is 2.83 bits per heavy atom. The molecule has 1 aromatic heterocycles. The lowest BCUT2D eigenvalue weighted by atomic mass is 9.89. The summed E-state index contributed by atoms with van der Waals surface area (Å²) in [7, 11) is 0. The van der Waals surface area contributed by atoms with Crippen LogP contribution in [0, 0.1) is 0 Å². The number of aryl methyl sites for hydroxylation is 1. The molecule has 0 radical (unpaired) electrons. The second-order valence-electron chi connectivity index (χ2n) is 4.31. The molecule has 0 saturated heterocycles. The van der Waals surface area contributed by atoms with Gasteiger partial charge in [-0.05, 0) is 41.7 Å². The Balaban J connectivity index is 2.26. The number of carbonyl (C=O) groups is 1. The number of anilines is 1. The molecule has 18 heavy (non-hydrogen) atoms. The molecule has 0 unspecified atom stereocenters. The number of hydrogen-bond donors (Lipinski definition) is 2. The monoisotopic (exact) mass is 322 g/mol. The van der Waals surface area contributed by atoms with Gasteiger partial charge in [-0.25, -0.2) is 0 Å². The van der Waals surface area contributed by atoms with Crippen LogP contribution < -0.4 is 11.5 Å². The molecular formula is C13H11BrN2OS. The van der Waals surface area contributed by atoms with Crippen LogP contribution in [0.1, 0.15) is 21.5 Å². The van der Waals surface area contributed by atoms with Gasteiger partial charge in [-0.15, -0.1) is 11.3 Å². The molecule has 3 rings (SSSR count). The summed E-state index contributed by atoms with van der Waals surface area (Å²) in [6.45, 7) is 0. The Labute approximate surface area is 117 Å². The highest BCUT2D eigenvalue weighted by Gasteiger charge is 2.25.